The molecule has 2 aromatic rings. The van der Waals surface area contributed by atoms with Crippen LogP contribution in [0.4, 0.5) is 18.0 Å². The number of alkyl halides is 3. The number of primary amides is 1. The quantitative estimate of drug-likeness (QED) is 0.899. The van der Waals surface area contributed by atoms with Gasteiger partial charge in [-0.15, -0.1) is 13.2 Å². The summed E-state index contributed by atoms with van der Waals surface area (Å²) < 4.78 is 51.7. The molecular weight excluding hydrogens is 339 g/mol. The molecule has 0 saturated heterocycles. The normalized spacial score (nSPS) is 16.5. The lowest BCUT2D eigenvalue weighted by Crippen LogP contribution is -2.22. The monoisotopic (exact) mass is 353 g/mol. The van der Waals surface area contributed by atoms with E-state index < -0.39 is 18.6 Å². The minimum Gasteiger partial charge on any atom is -0.493 e. The Balaban J connectivity index is 1.94. The highest BCUT2D eigenvalue weighted by molar-refractivity contribution is 5.69. The number of halogens is 3. The van der Waals surface area contributed by atoms with E-state index in [1.165, 1.54) is 18.2 Å². The van der Waals surface area contributed by atoms with E-state index in [0.717, 1.165) is 0 Å². The van der Waals surface area contributed by atoms with Crippen LogP contribution in [-0.2, 0) is 4.74 Å². The SMILES string of the molecule is NC(=O)OC1CCOc2ccc(-c3cccc(OC(F)(F)F)c3)cc21. The van der Waals surface area contributed by atoms with Crippen molar-refractivity contribution >= 4 is 6.09 Å². The average molecular weight is 353 g/mol. The Bertz CT molecular complexity index is 792. The van der Waals surface area contributed by atoms with Crippen molar-refractivity contribution in [2.75, 3.05) is 6.61 Å². The molecule has 0 fully saturated rings. The number of carbonyl (C=O) groups excluding carboxylic acids is 1. The van der Waals surface area contributed by atoms with Crippen molar-refractivity contribution in [3.05, 3.63) is 48.0 Å². The fourth-order valence-electron chi connectivity index (χ4n) is 2.68. The first-order valence-corrected chi connectivity index (χ1v) is 7.41. The lowest BCUT2D eigenvalue weighted by molar-refractivity contribution is -0.274. The van der Waals surface area contributed by atoms with Gasteiger partial charge in [-0.1, -0.05) is 18.2 Å². The topological polar surface area (TPSA) is 70.8 Å². The van der Waals surface area contributed by atoms with Crippen molar-refractivity contribution in [2.24, 2.45) is 5.73 Å². The van der Waals surface area contributed by atoms with Crippen LogP contribution in [0.15, 0.2) is 42.5 Å². The summed E-state index contributed by atoms with van der Waals surface area (Å²) in [5, 5.41) is 0. The second kappa shape index (κ2) is 6.54. The zero-order valence-electron chi connectivity index (χ0n) is 12.9. The Morgan fingerprint density at radius 2 is 1.92 bits per heavy atom. The Labute approximate surface area is 141 Å². The fraction of sp³-hybridized carbons (Fsp3) is 0.235. The zero-order chi connectivity index (χ0) is 18.0. The van der Waals surface area contributed by atoms with E-state index in [1.54, 1.807) is 24.3 Å². The summed E-state index contributed by atoms with van der Waals surface area (Å²) in [6.45, 7) is 0.374. The molecule has 3 rings (SSSR count). The largest absolute Gasteiger partial charge is 0.573 e. The lowest BCUT2D eigenvalue weighted by Gasteiger charge is -2.25. The van der Waals surface area contributed by atoms with Crippen molar-refractivity contribution in [1.29, 1.82) is 0 Å². The first kappa shape index (κ1) is 16.9. The Morgan fingerprint density at radius 3 is 2.64 bits per heavy atom. The molecule has 0 aliphatic carbocycles. The molecule has 132 valence electrons. The molecule has 25 heavy (non-hydrogen) atoms. The number of amides is 1. The van der Waals surface area contributed by atoms with Gasteiger partial charge in [0.15, 0.2) is 0 Å². The molecule has 1 heterocycles. The van der Waals surface area contributed by atoms with Crippen molar-refractivity contribution < 1.29 is 32.2 Å². The molecule has 0 bridgehead atoms. The molecular formula is C17H14F3NO4. The fourth-order valence-corrected chi connectivity index (χ4v) is 2.68. The van der Waals surface area contributed by atoms with E-state index in [9.17, 15) is 18.0 Å². The summed E-state index contributed by atoms with van der Waals surface area (Å²) in [5.41, 5.74) is 6.85. The molecule has 0 radical (unpaired) electrons. The van der Waals surface area contributed by atoms with Crippen LogP contribution in [0, 0.1) is 0 Å². The van der Waals surface area contributed by atoms with E-state index in [4.69, 9.17) is 15.2 Å². The van der Waals surface area contributed by atoms with Crippen LogP contribution >= 0.6 is 0 Å². The highest BCUT2D eigenvalue weighted by Gasteiger charge is 2.31. The number of rotatable bonds is 3. The molecule has 1 amide bonds. The molecule has 1 atom stereocenters. The number of hydrogen-bond donors (Lipinski definition) is 1. The van der Waals surface area contributed by atoms with Gasteiger partial charge in [0.1, 0.15) is 17.6 Å². The van der Waals surface area contributed by atoms with Gasteiger partial charge in [0.2, 0.25) is 0 Å². The first-order chi connectivity index (χ1) is 11.8. The maximum atomic E-state index is 12.4. The Morgan fingerprint density at radius 1 is 1.16 bits per heavy atom. The number of carbonyl (C=O) groups is 1. The number of nitrogens with two attached hydrogens (primary N) is 1. The number of hydrogen-bond acceptors (Lipinski definition) is 4. The molecule has 5 nitrogen and oxygen atoms in total. The van der Waals surface area contributed by atoms with Gasteiger partial charge in [0, 0.05) is 12.0 Å². The van der Waals surface area contributed by atoms with Gasteiger partial charge in [-0.3, -0.25) is 0 Å². The van der Waals surface area contributed by atoms with E-state index in [2.05, 4.69) is 4.74 Å². The molecule has 8 heteroatoms. The summed E-state index contributed by atoms with van der Waals surface area (Å²) >= 11 is 0. The minimum atomic E-state index is -4.76. The van der Waals surface area contributed by atoms with E-state index in [-0.39, 0.29) is 5.75 Å². The first-order valence-electron chi connectivity index (χ1n) is 7.41. The second-order valence-electron chi connectivity index (χ2n) is 5.39. The third-order valence-electron chi connectivity index (χ3n) is 3.65. The predicted octanol–water partition coefficient (Wildman–Crippen LogP) is 4.17. The number of benzene rings is 2. The molecule has 1 aliphatic rings. The standard InChI is InChI=1S/C17H14F3NO4/c18-17(19,20)25-12-3-1-2-10(8-12)11-4-5-14-13(9-11)15(6-7-23-14)24-16(21)22/h1-5,8-9,15H,6-7H2,(H2,21,22). The van der Waals surface area contributed by atoms with Gasteiger partial charge < -0.3 is 19.9 Å². The molecule has 2 N–H and O–H groups in total. The summed E-state index contributed by atoms with van der Waals surface area (Å²) in [4.78, 5) is 11.0. The van der Waals surface area contributed by atoms with Gasteiger partial charge in [-0.25, -0.2) is 4.79 Å². The van der Waals surface area contributed by atoms with Gasteiger partial charge >= 0.3 is 12.5 Å². The van der Waals surface area contributed by atoms with Crippen LogP contribution in [0.25, 0.3) is 11.1 Å². The van der Waals surface area contributed by atoms with Gasteiger partial charge in [0.05, 0.1) is 6.61 Å². The maximum Gasteiger partial charge on any atom is 0.573 e. The lowest BCUT2D eigenvalue weighted by atomic mass is 9.97. The van der Waals surface area contributed by atoms with Crippen LogP contribution < -0.4 is 15.2 Å². The molecule has 0 aromatic heterocycles. The summed E-state index contributed by atoms with van der Waals surface area (Å²) in [5.74, 6) is 0.229. The second-order valence-corrected chi connectivity index (χ2v) is 5.39. The van der Waals surface area contributed by atoms with Gasteiger partial charge in [-0.05, 0) is 35.4 Å². The third-order valence-corrected chi connectivity index (χ3v) is 3.65. The molecule has 0 saturated carbocycles. The molecule has 0 spiro atoms. The van der Waals surface area contributed by atoms with Gasteiger partial charge in [0.25, 0.3) is 0 Å². The van der Waals surface area contributed by atoms with Crippen LogP contribution in [0.2, 0.25) is 0 Å². The van der Waals surface area contributed by atoms with Crippen molar-refractivity contribution in [3.8, 4) is 22.6 Å². The maximum absolute atomic E-state index is 12.4. The average Bonchev–Trinajstić information content (AvgIpc) is 2.53. The Hall–Kier alpha value is -2.90. The van der Waals surface area contributed by atoms with Gasteiger partial charge in [-0.2, -0.15) is 0 Å². The molecule has 1 aliphatic heterocycles. The predicted molar refractivity (Wildman–Crippen MR) is 82.1 cm³/mol. The number of fused-ring (bicyclic) bond motifs is 1. The summed E-state index contributed by atoms with van der Waals surface area (Å²) in [6, 6.07) is 10.7. The summed E-state index contributed by atoms with van der Waals surface area (Å²) in [6.07, 6.45) is -5.78. The summed E-state index contributed by atoms with van der Waals surface area (Å²) in [7, 11) is 0. The molecule has 1 unspecified atom stereocenters. The smallest absolute Gasteiger partial charge is 0.493 e. The van der Waals surface area contributed by atoms with Crippen LogP contribution in [0.3, 0.4) is 0 Å². The molecule has 2 aromatic carbocycles. The van der Waals surface area contributed by atoms with Crippen molar-refractivity contribution in [3.63, 3.8) is 0 Å². The zero-order valence-corrected chi connectivity index (χ0v) is 12.9. The highest BCUT2D eigenvalue weighted by atomic mass is 19.4. The van der Waals surface area contributed by atoms with Crippen LogP contribution in [-0.4, -0.2) is 19.1 Å². The minimum absolute atomic E-state index is 0.316. The van der Waals surface area contributed by atoms with Crippen LogP contribution in [0.5, 0.6) is 11.5 Å². The van der Waals surface area contributed by atoms with Crippen LogP contribution in [0.1, 0.15) is 18.1 Å². The van der Waals surface area contributed by atoms with E-state index in [0.29, 0.717) is 35.5 Å². The van der Waals surface area contributed by atoms with E-state index in [1.807, 2.05) is 0 Å². The van der Waals surface area contributed by atoms with E-state index >= 15 is 0 Å². The Kier molecular flexibility index (Phi) is 4.43. The number of ether oxygens (including phenoxy) is 3. The highest BCUT2D eigenvalue weighted by Crippen LogP contribution is 2.38. The third kappa shape index (κ3) is 4.14. The van der Waals surface area contributed by atoms with Crippen molar-refractivity contribution in [2.45, 2.75) is 18.9 Å². The van der Waals surface area contributed by atoms with Crippen molar-refractivity contribution in [1.82, 2.24) is 0 Å².